The van der Waals surface area contributed by atoms with Gasteiger partial charge in [0.2, 0.25) is 0 Å². The van der Waals surface area contributed by atoms with Crippen LogP contribution in [0.2, 0.25) is 10.0 Å². The minimum Gasteiger partial charge on any atom is -0.489 e. The molecule has 25 heavy (non-hydrogen) atoms. The topological polar surface area (TPSA) is 50.7 Å². The van der Waals surface area contributed by atoms with Crippen LogP contribution in [0.25, 0.3) is 0 Å². The van der Waals surface area contributed by atoms with Crippen LogP contribution in [-0.4, -0.2) is 31.5 Å². The van der Waals surface area contributed by atoms with Crippen molar-refractivity contribution >= 4 is 39.1 Å². The van der Waals surface area contributed by atoms with Crippen molar-refractivity contribution in [3.8, 4) is 5.75 Å². The van der Waals surface area contributed by atoms with Crippen LogP contribution in [0.3, 0.4) is 0 Å². The van der Waals surface area contributed by atoms with E-state index in [0.29, 0.717) is 43.0 Å². The Labute approximate surface area is 166 Å². The van der Waals surface area contributed by atoms with Crippen LogP contribution in [-0.2, 0) is 17.9 Å². The minimum absolute atomic E-state index is 0.0400. The van der Waals surface area contributed by atoms with Gasteiger partial charge in [-0.2, -0.15) is 0 Å². The van der Waals surface area contributed by atoms with Crippen LogP contribution in [0, 0.1) is 0 Å². The summed E-state index contributed by atoms with van der Waals surface area (Å²) >= 11 is 15.5. The molecule has 0 spiro atoms. The van der Waals surface area contributed by atoms with Gasteiger partial charge in [-0.25, -0.2) is 0 Å². The van der Waals surface area contributed by atoms with Gasteiger partial charge in [0, 0.05) is 23.1 Å². The summed E-state index contributed by atoms with van der Waals surface area (Å²) in [6, 6.07) is 11.4. The SMILES string of the molecule is OCCOCCNCc1cc(Br)ccc1OCc1ccc(Cl)c(Cl)c1. The molecule has 0 amide bonds. The van der Waals surface area contributed by atoms with Gasteiger partial charge in [-0.15, -0.1) is 0 Å². The molecule has 0 radical (unpaired) electrons. The van der Waals surface area contributed by atoms with Gasteiger partial charge in [0.25, 0.3) is 0 Å². The zero-order chi connectivity index (χ0) is 18.1. The van der Waals surface area contributed by atoms with Crippen LogP contribution in [0.5, 0.6) is 5.75 Å². The summed E-state index contributed by atoms with van der Waals surface area (Å²) in [6.45, 7) is 2.70. The molecule has 0 heterocycles. The van der Waals surface area contributed by atoms with Crippen molar-refractivity contribution in [1.29, 1.82) is 0 Å². The van der Waals surface area contributed by atoms with Crippen molar-refractivity contribution in [2.75, 3.05) is 26.4 Å². The third-order valence-corrected chi connectivity index (χ3v) is 4.61. The van der Waals surface area contributed by atoms with E-state index in [1.807, 2.05) is 24.3 Å². The molecule has 0 atom stereocenters. The van der Waals surface area contributed by atoms with Crippen LogP contribution in [0.1, 0.15) is 11.1 Å². The van der Waals surface area contributed by atoms with Gasteiger partial charge >= 0.3 is 0 Å². The summed E-state index contributed by atoms with van der Waals surface area (Å²) in [6.07, 6.45) is 0. The molecule has 4 nitrogen and oxygen atoms in total. The molecule has 0 aliphatic rings. The number of rotatable bonds is 10. The average molecular weight is 449 g/mol. The third kappa shape index (κ3) is 7.13. The Morgan fingerprint density at radius 2 is 1.88 bits per heavy atom. The lowest BCUT2D eigenvalue weighted by molar-refractivity contribution is 0.0937. The molecule has 2 rings (SSSR count). The first kappa shape index (κ1) is 20.5. The molecule has 0 aromatic heterocycles. The monoisotopic (exact) mass is 447 g/mol. The van der Waals surface area contributed by atoms with Gasteiger partial charge in [-0.05, 0) is 35.9 Å². The van der Waals surface area contributed by atoms with Crippen LogP contribution in [0.15, 0.2) is 40.9 Å². The largest absolute Gasteiger partial charge is 0.489 e. The fraction of sp³-hybridized carbons (Fsp3) is 0.333. The Morgan fingerprint density at radius 1 is 1.04 bits per heavy atom. The fourth-order valence-corrected chi connectivity index (χ4v) is 2.88. The van der Waals surface area contributed by atoms with E-state index in [9.17, 15) is 0 Å². The molecule has 0 saturated heterocycles. The van der Waals surface area contributed by atoms with Crippen molar-refractivity contribution in [2.24, 2.45) is 0 Å². The molecule has 0 unspecified atom stereocenters. The molecular weight excluding hydrogens is 429 g/mol. The maximum Gasteiger partial charge on any atom is 0.124 e. The van der Waals surface area contributed by atoms with Crippen molar-refractivity contribution < 1.29 is 14.6 Å². The quantitative estimate of drug-likeness (QED) is 0.527. The van der Waals surface area contributed by atoms with E-state index >= 15 is 0 Å². The lowest BCUT2D eigenvalue weighted by Gasteiger charge is -2.13. The van der Waals surface area contributed by atoms with Gasteiger partial charge in [-0.3, -0.25) is 0 Å². The number of hydrogen-bond acceptors (Lipinski definition) is 4. The van der Waals surface area contributed by atoms with Gasteiger partial charge in [0.05, 0.1) is 29.9 Å². The summed E-state index contributed by atoms with van der Waals surface area (Å²) in [7, 11) is 0. The Bertz CT molecular complexity index is 685. The maximum atomic E-state index is 8.67. The first-order chi connectivity index (χ1) is 12.1. The van der Waals surface area contributed by atoms with E-state index in [1.165, 1.54) is 0 Å². The first-order valence-corrected chi connectivity index (χ1v) is 9.39. The second-order valence-corrected chi connectivity index (χ2v) is 7.03. The average Bonchev–Trinajstić information content (AvgIpc) is 2.60. The van der Waals surface area contributed by atoms with Crippen LogP contribution in [0.4, 0.5) is 0 Å². The Hall–Kier alpha value is -0.820. The molecular formula is C18H20BrCl2NO3. The molecule has 0 bridgehead atoms. The number of ether oxygens (including phenoxy) is 2. The maximum absolute atomic E-state index is 8.67. The lowest BCUT2D eigenvalue weighted by Crippen LogP contribution is -2.20. The predicted octanol–water partition coefficient (Wildman–Crippen LogP) is 4.43. The van der Waals surface area contributed by atoms with Crippen molar-refractivity contribution in [2.45, 2.75) is 13.2 Å². The summed E-state index contributed by atoms with van der Waals surface area (Å²) < 4.78 is 12.2. The van der Waals surface area contributed by atoms with Crippen LogP contribution >= 0.6 is 39.1 Å². The van der Waals surface area contributed by atoms with Gasteiger partial charge in [0.15, 0.2) is 0 Å². The Kier molecular flexibility index (Phi) is 9.03. The number of hydrogen-bond donors (Lipinski definition) is 2. The predicted molar refractivity (Wildman–Crippen MR) is 105 cm³/mol. The number of aliphatic hydroxyl groups excluding tert-OH is 1. The third-order valence-electron chi connectivity index (χ3n) is 3.38. The van der Waals surface area contributed by atoms with Gasteiger partial charge in [0.1, 0.15) is 12.4 Å². The van der Waals surface area contributed by atoms with E-state index in [4.69, 9.17) is 37.8 Å². The second-order valence-electron chi connectivity index (χ2n) is 5.30. The number of benzene rings is 2. The molecule has 2 aromatic carbocycles. The smallest absolute Gasteiger partial charge is 0.124 e. The summed E-state index contributed by atoms with van der Waals surface area (Å²) in [5.74, 6) is 0.804. The van der Waals surface area contributed by atoms with Gasteiger partial charge in [-0.1, -0.05) is 45.2 Å². The zero-order valence-electron chi connectivity index (χ0n) is 13.6. The molecule has 136 valence electrons. The first-order valence-electron chi connectivity index (χ1n) is 7.84. The molecule has 0 fully saturated rings. The highest BCUT2D eigenvalue weighted by Crippen LogP contribution is 2.26. The number of halogens is 3. The zero-order valence-corrected chi connectivity index (χ0v) is 16.7. The molecule has 2 N–H and O–H groups in total. The van der Waals surface area contributed by atoms with Crippen molar-refractivity contribution in [1.82, 2.24) is 5.32 Å². The summed E-state index contributed by atoms with van der Waals surface area (Å²) in [5, 5.41) is 13.0. The van der Waals surface area contributed by atoms with E-state index in [-0.39, 0.29) is 6.61 Å². The van der Waals surface area contributed by atoms with E-state index < -0.39 is 0 Å². The molecule has 0 saturated carbocycles. The highest BCUT2D eigenvalue weighted by molar-refractivity contribution is 9.10. The number of aliphatic hydroxyl groups is 1. The standard InChI is InChI=1S/C18H20BrCl2NO3/c19-15-2-4-18(14(10-15)11-22-5-7-24-8-6-23)25-12-13-1-3-16(20)17(21)9-13/h1-4,9-10,22-23H,5-8,11-12H2. The molecule has 2 aromatic rings. The van der Waals surface area contributed by atoms with Crippen molar-refractivity contribution in [3.63, 3.8) is 0 Å². The second kappa shape index (κ2) is 11.0. The highest BCUT2D eigenvalue weighted by Gasteiger charge is 2.06. The summed E-state index contributed by atoms with van der Waals surface area (Å²) in [4.78, 5) is 0. The molecule has 0 aliphatic carbocycles. The highest BCUT2D eigenvalue weighted by atomic mass is 79.9. The molecule has 0 aliphatic heterocycles. The normalized spacial score (nSPS) is 10.9. The Morgan fingerprint density at radius 3 is 2.64 bits per heavy atom. The Balaban J connectivity index is 1.92. The fourth-order valence-electron chi connectivity index (χ4n) is 2.15. The molecule has 7 heteroatoms. The van der Waals surface area contributed by atoms with Crippen LogP contribution < -0.4 is 10.1 Å². The van der Waals surface area contributed by atoms with E-state index in [0.717, 1.165) is 21.3 Å². The minimum atomic E-state index is 0.0400. The summed E-state index contributed by atoms with van der Waals surface area (Å²) in [5.41, 5.74) is 1.99. The van der Waals surface area contributed by atoms with Crippen molar-refractivity contribution in [3.05, 3.63) is 62.0 Å². The lowest BCUT2D eigenvalue weighted by atomic mass is 10.2. The van der Waals surface area contributed by atoms with E-state index in [2.05, 4.69) is 21.2 Å². The van der Waals surface area contributed by atoms with E-state index in [1.54, 1.807) is 12.1 Å². The number of nitrogens with one attached hydrogen (secondary N) is 1. The van der Waals surface area contributed by atoms with Gasteiger partial charge < -0.3 is 19.9 Å².